The van der Waals surface area contributed by atoms with E-state index in [1.54, 1.807) is 7.11 Å². The molecule has 1 heterocycles. The molecule has 0 amide bonds. The molecule has 1 fully saturated rings. The van der Waals surface area contributed by atoms with Crippen molar-refractivity contribution in [3.8, 4) is 5.75 Å². The number of piperidine rings is 1. The van der Waals surface area contributed by atoms with Crippen LogP contribution in [-0.4, -0.2) is 26.2 Å². The van der Waals surface area contributed by atoms with Gasteiger partial charge in [-0.2, -0.15) is 0 Å². The topological polar surface area (TPSA) is 33.3 Å². The fraction of sp³-hybridized carbons (Fsp3) is 0.538. The minimum Gasteiger partial charge on any atom is -0.495 e. The molecule has 4 heteroatoms. The lowest BCUT2D eigenvalue weighted by Crippen LogP contribution is -2.39. The van der Waals surface area contributed by atoms with E-state index >= 15 is 0 Å². The molecule has 0 spiro atoms. The van der Waals surface area contributed by atoms with E-state index in [2.05, 4.69) is 10.6 Å². The van der Waals surface area contributed by atoms with Crippen molar-refractivity contribution < 1.29 is 4.74 Å². The van der Waals surface area contributed by atoms with Crippen LogP contribution in [0.1, 0.15) is 19.3 Å². The summed E-state index contributed by atoms with van der Waals surface area (Å²) in [6.07, 6.45) is 3.83. The minimum atomic E-state index is 0.549. The fourth-order valence-corrected chi connectivity index (χ4v) is 2.32. The van der Waals surface area contributed by atoms with Crippen LogP contribution in [0.3, 0.4) is 0 Å². The Bertz CT molecular complexity index is 364. The Balaban J connectivity index is 1.95. The fourth-order valence-electron chi connectivity index (χ4n) is 2.15. The van der Waals surface area contributed by atoms with Crippen molar-refractivity contribution in [1.82, 2.24) is 5.32 Å². The maximum Gasteiger partial charge on any atom is 0.142 e. The average Bonchev–Trinajstić information content (AvgIpc) is 2.38. The second kappa shape index (κ2) is 6.12. The summed E-state index contributed by atoms with van der Waals surface area (Å²) < 4.78 is 5.30. The lowest BCUT2D eigenvalue weighted by atomic mass is 10.1. The summed E-state index contributed by atoms with van der Waals surface area (Å²) in [7, 11) is 1.67. The Morgan fingerprint density at radius 2 is 2.35 bits per heavy atom. The number of benzene rings is 1. The molecule has 0 radical (unpaired) electrons. The highest BCUT2D eigenvalue weighted by Gasteiger charge is 2.12. The zero-order valence-corrected chi connectivity index (χ0v) is 10.9. The van der Waals surface area contributed by atoms with Gasteiger partial charge in [-0.25, -0.2) is 0 Å². The maximum absolute atomic E-state index is 5.98. The maximum atomic E-state index is 5.98. The van der Waals surface area contributed by atoms with Crippen molar-refractivity contribution in [3.63, 3.8) is 0 Å². The van der Waals surface area contributed by atoms with Gasteiger partial charge in [0.05, 0.1) is 12.8 Å². The van der Waals surface area contributed by atoms with Crippen LogP contribution in [-0.2, 0) is 0 Å². The van der Waals surface area contributed by atoms with Gasteiger partial charge in [0.15, 0.2) is 0 Å². The molecule has 0 saturated carbocycles. The molecule has 94 valence electrons. The van der Waals surface area contributed by atoms with Gasteiger partial charge >= 0.3 is 0 Å². The highest BCUT2D eigenvalue weighted by atomic mass is 35.5. The minimum absolute atomic E-state index is 0.549. The number of anilines is 1. The van der Waals surface area contributed by atoms with Gasteiger partial charge in [-0.05, 0) is 37.6 Å². The number of halogens is 1. The molecular weight excluding hydrogens is 236 g/mol. The predicted octanol–water partition coefficient (Wildman–Crippen LogP) is 2.90. The number of methoxy groups -OCH3 is 1. The molecule has 1 aliphatic rings. The van der Waals surface area contributed by atoms with Crippen molar-refractivity contribution in [1.29, 1.82) is 0 Å². The predicted molar refractivity (Wildman–Crippen MR) is 72.1 cm³/mol. The molecule has 0 aromatic heterocycles. The standard InChI is InChI=1S/C13H19ClN2O/c1-17-13-6-5-10(14)8-12(13)16-9-11-4-2-3-7-15-11/h5-6,8,11,15-16H,2-4,7,9H2,1H3. The van der Waals surface area contributed by atoms with Crippen molar-refractivity contribution in [2.24, 2.45) is 0 Å². The summed E-state index contributed by atoms with van der Waals surface area (Å²) in [5.74, 6) is 0.838. The SMILES string of the molecule is COc1ccc(Cl)cc1NCC1CCCCN1. The molecular formula is C13H19ClN2O. The quantitative estimate of drug-likeness (QED) is 0.867. The first kappa shape index (κ1) is 12.5. The molecule has 17 heavy (non-hydrogen) atoms. The monoisotopic (exact) mass is 254 g/mol. The van der Waals surface area contributed by atoms with E-state index in [1.165, 1.54) is 19.3 Å². The van der Waals surface area contributed by atoms with E-state index < -0.39 is 0 Å². The Labute approximate surface area is 107 Å². The Morgan fingerprint density at radius 3 is 3.06 bits per heavy atom. The van der Waals surface area contributed by atoms with Crippen LogP contribution in [0.25, 0.3) is 0 Å². The van der Waals surface area contributed by atoms with Crippen LogP contribution in [0.5, 0.6) is 5.75 Å². The van der Waals surface area contributed by atoms with Gasteiger partial charge in [0, 0.05) is 17.6 Å². The first-order chi connectivity index (χ1) is 8.29. The van der Waals surface area contributed by atoms with E-state index in [0.29, 0.717) is 6.04 Å². The first-order valence-electron chi connectivity index (χ1n) is 6.10. The molecule has 0 bridgehead atoms. The lowest BCUT2D eigenvalue weighted by molar-refractivity contribution is 0.408. The third kappa shape index (κ3) is 3.51. The molecule has 0 aliphatic carbocycles. The molecule has 1 aromatic rings. The number of hydrogen-bond acceptors (Lipinski definition) is 3. The Kier molecular flexibility index (Phi) is 4.51. The van der Waals surface area contributed by atoms with Gasteiger partial charge in [-0.3, -0.25) is 0 Å². The van der Waals surface area contributed by atoms with E-state index in [-0.39, 0.29) is 0 Å². The zero-order valence-electron chi connectivity index (χ0n) is 10.1. The highest BCUT2D eigenvalue weighted by molar-refractivity contribution is 6.30. The number of hydrogen-bond donors (Lipinski definition) is 2. The summed E-state index contributed by atoms with van der Waals surface area (Å²) in [6, 6.07) is 6.18. The van der Waals surface area contributed by atoms with E-state index in [1.807, 2.05) is 18.2 Å². The van der Waals surface area contributed by atoms with Crippen LogP contribution < -0.4 is 15.4 Å². The van der Waals surface area contributed by atoms with Crippen molar-refractivity contribution in [2.75, 3.05) is 25.5 Å². The molecule has 2 rings (SSSR count). The van der Waals surface area contributed by atoms with Crippen LogP contribution in [0, 0.1) is 0 Å². The largest absolute Gasteiger partial charge is 0.495 e. The lowest BCUT2D eigenvalue weighted by Gasteiger charge is -2.24. The number of ether oxygens (including phenoxy) is 1. The van der Waals surface area contributed by atoms with Crippen molar-refractivity contribution in [3.05, 3.63) is 23.2 Å². The third-order valence-electron chi connectivity index (χ3n) is 3.11. The molecule has 3 nitrogen and oxygen atoms in total. The van der Waals surface area contributed by atoms with E-state index in [0.717, 1.165) is 29.5 Å². The second-order valence-corrected chi connectivity index (χ2v) is 4.81. The molecule has 1 aromatic carbocycles. The molecule has 1 saturated heterocycles. The molecule has 1 aliphatic heterocycles. The van der Waals surface area contributed by atoms with E-state index in [9.17, 15) is 0 Å². The highest BCUT2D eigenvalue weighted by Crippen LogP contribution is 2.27. The Hall–Kier alpha value is -0.930. The average molecular weight is 255 g/mol. The van der Waals surface area contributed by atoms with Crippen molar-refractivity contribution >= 4 is 17.3 Å². The summed E-state index contributed by atoms with van der Waals surface area (Å²) in [4.78, 5) is 0. The van der Waals surface area contributed by atoms with Crippen molar-refractivity contribution in [2.45, 2.75) is 25.3 Å². The van der Waals surface area contributed by atoms with Gasteiger partial charge in [-0.1, -0.05) is 18.0 Å². The normalized spacial score (nSPS) is 20.0. The molecule has 1 unspecified atom stereocenters. The van der Waals surface area contributed by atoms with Gasteiger partial charge < -0.3 is 15.4 Å². The smallest absolute Gasteiger partial charge is 0.142 e. The van der Waals surface area contributed by atoms with Crippen LogP contribution in [0.2, 0.25) is 5.02 Å². The van der Waals surface area contributed by atoms with Gasteiger partial charge in [0.1, 0.15) is 5.75 Å². The number of nitrogens with one attached hydrogen (secondary N) is 2. The second-order valence-electron chi connectivity index (χ2n) is 4.37. The van der Waals surface area contributed by atoms with Gasteiger partial charge in [0.2, 0.25) is 0 Å². The molecule has 2 N–H and O–H groups in total. The Morgan fingerprint density at radius 1 is 1.47 bits per heavy atom. The zero-order chi connectivity index (χ0) is 12.1. The third-order valence-corrected chi connectivity index (χ3v) is 3.35. The number of rotatable bonds is 4. The van der Waals surface area contributed by atoms with Crippen LogP contribution >= 0.6 is 11.6 Å². The van der Waals surface area contributed by atoms with Crippen LogP contribution in [0.15, 0.2) is 18.2 Å². The van der Waals surface area contributed by atoms with Gasteiger partial charge in [0.25, 0.3) is 0 Å². The summed E-state index contributed by atoms with van der Waals surface area (Å²) in [5, 5.41) is 7.63. The summed E-state index contributed by atoms with van der Waals surface area (Å²) >= 11 is 5.98. The van der Waals surface area contributed by atoms with Gasteiger partial charge in [-0.15, -0.1) is 0 Å². The summed E-state index contributed by atoms with van der Waals surface area (Å²) in [6.45, 7) is 2.04. The first-order valence-corrected chi connectivity index (χ1v) is 6.48. The summed E-state index contributed by atoms with van der Waals surface area (Å²) in [5.41, 5.74) is 0.965. The van der Waals surface area contributed by atoms with E-state index in [4.69, 9.17) is 16.3 Å². The van der Waals surface area contributed by atoms with Crippen LogP contribution in [0.4, 0.5) is 5.69 Å². The molecule has 1 atom stereocenters.